The molecule has 1 fully saturated rings. The van der Waals surface area contributed by atoms with Crippen LogP contribution in [0.5, 0.6) is 11.5 Å². The number of carbonyl (C=O) groups is 1. The van der Waals surface area contributed by atoms with Crippen molar-refractivity contribution in [3.8, 4) is 22.8 Å². The van der Waals surface area contributed by atoms with Gasteiger partial charge in [0, 0.05) is 61.0 Å². The van der Waals surface area contributed by atoms with E-state index in [9.17, 15) is 9.90 Å². The molecule has 0 unspecified atom stereocenters. The van der Waals surface area contributed by atoms with Crippen LogP contribution in [-0.4, -0.2) is 23.9 Å². The number of nitrogens with zero attached hydrogens (tertiary/aromatic N) is 1. The number of ketones is 1. The number of pyridine rings is 1. The quantitative estimate of drug-likeness (QED) is 0.0880. The van der Waals surface area contributed by atoms with E-state index >= 15 is 0 Å². The van der Waals surface area contributed by atoms with Gasteiger partial charge in [0.2, 0.25) is 0 Å². The summed E-state index contributed by atoms with van der Waals surface area (Å²) in [5.74, 6) is 2.64. The van der Waals surface area contributed by atoms with E-state index in [1.54, 1.807) is 5.19 Å². The van der Waals surface area contributed by atoms with Crippen molar-refractivity contribution in [3.05, 3.63) is 59.0 Å². The van der Waals surface area contributed by atoms with Gasteiger partial charge in [-0.2, -0.15) is 0 Å². The number of hydrogen-bond donors (Lipinski definition) is 1. The van der Waals surface area contributed by atoms with Crippen molar-refractivity contribution in [2.24, 2.45) is 11.8 Å². The molecule has 0 saturated carbocycles. The Morgan fingerprint density at radius 1 is 1.00 bits per heavy atom. The molecule has 233 valence electrons. The summed E-state index contributed by atoms with van der Waals surface area (Å²) in [4.78, 5) is 16.5. The van der Waals surface area contributed by atoms with Crippen LogP contribution in [0.2, 0.25) is 18.1 Å². The summed E-state index contributed by atoms with van der Waals surface area (Å²) >= 11 is 0. The summed E-state index contributed by atoms with van der Waals surface area (Å²) < 4.78 is 6.69. The molecule has 3 aromatic rings. The molecule has 3 aliphatic heterocycles. The largest absolute Gasteiger partial charge is 0.512 e. The van der Waals surface area contributed by atoms with Crippen molar-refractivity contribution in [2.75, 3.05) is 0 Å². The smallest absolute Gasteiger partial charge is 0.162 e. The molecule has 1 radical (unpaired) electrons. The topological polar surface area (TPSA) is 59.4 Å². The second kappa shape index (κ2) is 14.2. The van der Waals surface area contributed by atoms with Gasteiger partial charge in [0.15, 0.2) is 5.78 Å². The second-order valence-electron chi connectivity index (χ2n) is 12.8. The maximum atomic E-state index is 11.7. The van der Waals surface area contributed by atoms with Crippen LogP contribution in [0.25, 0.3) is 22.0 Å². The molecule has 6 rings (SSSR count). The maximum Gasteiger partial charge on any atom is 0.162 e. The summed E-state index contributed by atoms with van der Waals surface area (Å²) in [6.07, 6.45) is 12.2. The zero-order valence-electron chi connectivity index (χ0n) is 26.9. The van der Waals surface area contributed by atoms with Gasteiger partial charge in [-0.25, -0.2) is 0 Å². The van der Waals surface area contributed by atoms with Gasteiger partial charge >= 0.3 is 0 Å². The Bertz CT molecular complexity index is 1500. The van der Waals surface area contributed by atoms with Gasteiger partial charge < -0.3 is 14.8 Å². The van der Waals surface area contributed by atoms with Crippen LogP contribution in [0.3, 0.4) is 0 Å². The van der Waals surface area contributed by atoms with Crippen molar-refractivity contribution < 1.29 is 34.7 Å². The van der Waals surface area contributed by atoms with E-state index in [1.165, 1.54) is 65.4 Å². The first-order valence-corrected chi connectivity index (χ1v) is 19.0. The zero-order chi connectivity index (χ0) is 30.0. The third-order valence-corrected chi connectivity index (χ3v) is 15.7. The Balaban J connectivity index is 0.000000230. The first kappa shape index (κ1) is 33.6. The van der Waals surface area contributed by atoms with E-state index in [2.05, 4.69) is 38.1 Å². The molecule has 1 saturated heterocycles. The minimum atomic E-state index is -1.32. The van der Waals surface area contributed by atoms with Crippen LogP contribution < -0.4 is 9.92 Å². The van der Waals surface area contributed by atoms with Gasteiger partial charge in [-0.1, -0.05) is 101 Å². The zero-order valence-corrected chi connectivity index (χ0v) is 30.3. The van der Waals surface area contributed by atoms with Crippen molar-refractivity contribution >= 4 is 29.8 Å². The number of benzene rings is 2. The van der Waals surface area contributed by atoms with Gasteiger partial charge in [-0.05, 0) is 49.1 Å². The molecule has 6 heteroatoms. The molecule has 2 aromatic carbocycles. The fourth-order valence-corrected chi connectivity index (χ4v) is 13.3. The predicted molar refractivity (Wildman–Crippen MR) is 177 cm³/mol. The van der Waals surface area contributed by atoms with Gasteiger partial charge in [-0.15, -0.1) is 17.7 Å². The molecule has 0 amide bonds. The summed E-state index contributed by atoms with van der Waals surface area (Å²) in [6, 6.07) is 14.8. The van der Waals surface area contributed by atoms with E-state index < -0.39 is 8.07 Å². The monoisotopic (exact) mass is 775 g/mol. The molecule has 1 aromatic heterocycles. The molecule has 0 atom stereocenters. The number of aliphatic hydroxyl groups excluding tert-OH is 1. The molecule has 1 spiro atoms. The number of aromatic nitrogens is 1. The average molecular weight is 775 g/mol. The van der Waals surface area contributed by atoms with Gasteiger partial charge in [0.05, 0.1) is 13.8 Å². The van der Waals surface area contributed by atoms with Crippen molar-refractivity contribution in [1.82, 2.24) is 4.98 Å². The Labute approximate surface area is 273 Å². The van der Waals surface area contributed by atoms with Gasteiger partial charge in [0.25, 0.3) is 0 Å². The first-order valence-electron chi connectivity index (χ1n) is 16.4. The van der Waals surface area contributed by atoms with Gasteiger partial charge in [-0.3, -0.25) is 4.79 Å². The first-order chi connectivity index (χ1) is 20.3. The molecule has 4 heterocycles. The minimum absolute atomic E-state index is 0. The number of aliphatic hydroxyl groups is 1. The maximum absolute atomic E-state index is 11.7. The van der Waals surface area contributed by atoms with E-state index in [1.807, 2.05) is 33.9 Å². The predicted octanol–water partition coefficient (Wildman–Crippen LogP) is 9.69. The van der Waals surface area contributed by atoms with Crippen molar-refractivity contribution in [1.29, 1.82) is 0 Å². The Morgan fingerprint density at radius 3 is 2.30 bits per heavy atom. The summed E-state index contributed by atoms with van der Waals surface area (Å²) in [5, 5.41) is 14.0. The van der Waals surface area contributed by atoms with Crippen LogP contribution in [0, 0.1) is 31.7 Å². The Kier molecular flexibility index (Phi) is 11.1. The minimum Gasteiger partial charge on any atom is -0.512 e. The molecule has 0 bridgehead atoms. The fraction of sp³-hybridized carbons (Fsp3) is 0.514. The van der Waals surface area contributed by atoms with Crippen LogP contribution in [0.1, 0.15) is 89.3 Å². The number of fused-ring (bicyclic) bond motifs is 5. The number of carbonyl (C=O) groups excluding carboxylic acids is 1. The van der Waals surface area contributed by atoms with Crippen LogP contribution in [0.4, 0.5) is 0 Å². The molecular weight excluding hydrogens is 727 g/mol. The summed E-state index contributed by atoms with van der Waals surface area (Å²) in [5.41, 5.74) is 5.95. The van der Waals surface area contributed by atoms with Crippen LogP contribution in [-0.2, 0) is 31.3 Å². The molecule has 0 aliphatic carbocycles. The number of allylic oxidation sites excluding steroid dienone is 2. The molecule has 43 heavy (non-hydrogen) atoms. The summed E-state index contributed by atoms with van der Waals surface area (Å²) in [6.45, 7) is 12.3. The second-order valence-corrected chi connectivity index (χ2v) is 17.4. The molecule has 1 N–H and O–H groups in total. The number of hydrogen-bond acceptors (Lipinski definition) is 4. The average Bonchev–Trinajstić information content (AvgIpc) is 3.45. The van der Waals surface area contributed by atoms with Crippen molar-refractivity contribution in [2.45, 2.75) is 111 Å². The summed E-state index contributed by atoms with van der Waals surface area (Å²) in [7, 11) is -1.32. The van der Waals surface area contributed by atoms with E-state index in [4.69, 9.17) is 9.72 Å². The van der Waals surface area contributed by atoms with Crippen molar-refractivity contribution in [3.63, 3.8) is 0 Å². The molecular formula is C37H48IrNO3Si-. The van der Waals surface area contributed by atoms with E-state index in [0.29, 0.717) is 0 Å². The normalized spacial score (nSPS) is 16.3. The molecule has 4 nitrogen and oxygen atoms in total. The van der Waals surface area contributed by atoms with E-state index in [-0.39, 0.29) is 43.5 Å². The SMILES string of the molecule is CCC(CC)C(=O)/C=C(\O)C(CC)CC.Cc1[c-]c2c(c(C)c1)Oc1c3c(cc4ccnc-2c14)[Si]1(CCCC1)CCC3.[Ir]. The fourth-order valence-electron chi connectivity index (χ4n) is 7.74. The van der Waals surface area contributed by atoms with Crippen LogP contribution >= 0.6 is 0 Å². The van der Waals surface area contributed by atoms with Crippen LogP contribution in [0.15, 0.2) is 36.2 Å². The Morgan fingerprint density at radius 2 is 1.65 bits per heavy atom. The Hall–Kier alpha value is -2.27. The molecule has 3 aliphatic rings. The third kappa shape index (κ3) is 6.44. The number of aryl methyl sites for hydroxylation is 2. The van der Waals surface area contributed by atoms with Gasteiger partial charge in [0.1, 0.15) is 5.75 Å². The van der Waals surface area contributed by atoms with E-state index in [0.717, 1.165) is 60.4 Å². The standard InChI is InChI=1S/C24H24NOSi.C13H24O2.Ir/c1-15-12-16(2)23-19(13-15)22-21-17(7-8-25-22)14-20-18(24(21)26-23)6-5-11-27(20)9-3-4-10-27;1-5-10(6-2)12(14)9-13(15)11(7-3)8-4;/h7-8,12,14H,3-6,9-11H2,1-2H3;9-11,14H,5-8H2,1-4H3;/q-1;;/b;12-9-;. The number of rotatable bonds is 7. The third-order valence-electron chi connectivity index (χ3n) is 10.2. The number of ether oxygens (including phenoxy) is 1.